The van der Waals surface area contributed by atoms with E-state index in [4.69, 9.17) is 14.7 Å². The van der Waals surface area contributed by atoms with E-state index in [1.807, 2.05) is 20.8 Å². The molecule has 0 radical (unpaired) electrons. The molecule has 4 heteroatoms. The lowest BCUT2D eigenvalue weighted by molar-refractivity contribution is -0.131. The van der Waals surface area contributed by atoms with Gasteiger partial charge in [-0.2, -0.15) is 5.26 Å². The first-order valence-corrected chi connectivity index (χ1v) is 5.83. The summed E-state index contributed by atoms with van der Waals surface area (Å²) in [4.78, 5) is 0. The fraction of sp³-hybridized carbons (Fsp3) is 0.917. The first-order chi connectivity index (χ1) is 7.54. The molecule has 0 spiro atoms. The second-order valence-corrected chi connectivity index (χ2v) is 4.91. The Morgan fingerprint density at radius 3 is 2.69 bits per heavy atom. The fourth-order valence-electron chi connectivity index (χ4n) is 1.90. The number of hydrogen-bond acceptors (Lipinski definition) is 4. The lowest BCUT2D eigenvalue weighted by atomic mass is 9.84. The highest BCUT2D eigenvalue weighted by atomic mass is 16.5. The van der Waals surface area contributed by atoms with Crippen LogP contribution < -0.4 is 5.32 Å². The first-order valence-electron chi connectivity index (χ1n) is 5.83. The first kappa shape index (κ1) is 13.4. The summed E-state index contributed by atoms with van der Waals surface area (Å²) in [5, 5.41) is 12.3. The van der Waals surface area contributed by atoms with Gasteiger partial charge in [-0.05, 0) is 27.2 Å². The number of ether oxygens (including phenoxy) is 2. The van der Waals surface area contributed by atoms with Crippen LogP contribution in [0.3, 0.4) is 0 Å². The molecule has 1 N–H and O–H groups in total. The highest BCUT2D eigenvalue weighted by molar-refractivity contribution is 5.00. The highest BCUT2D eigenvalue weighted by Gasteiger charge is 2.42. The Balaban J connectivity index is 2.33. The number of rotatable bonds is 6. The van der Waals surface area contributed by atoms with Gasteiger partial charge in [0.05, 0.1) is 23.7 Å². The molecule has 0 amide bonds. The lowest BCUT2D eigenvalue weighted by Crippen LogP contribution is -2.60. The van der Waals surface area contributed by atoms with Gasteiger partial charge in [0.25, 0.3) is 0 Å². The van der Waals surface area contributed by atoms with Crippen LogP contribution in [0.15, 0.2) is 0 Å². The van der Waals surface area contributed by atoms with Gasteiger partial charge in [0.1, 0.15) is 0 Å². The molecule has 0 aliphatic heterocycles. The maximum absolute atomic E-state index is 8.91. The van der Waals surface area contributed by atoms with Gasteiger partial charge < -0.3 is 14.8 Å². The Labute approximate surface area is 97.9 Å². The molecule has 3 atom stereocenters. The van der Waals surface area contributed by atoms with Crippen LogP contribution in [-0.2, 0) is 9.47 Å². The summed E-state index contributed by atoms with van der Waals surface area (Å²) in [7, 11) is 1.71. The SMILES string of the molecule is CCOC1CC(NCC(C)(C)C#N)C1OC. The van der Waals surface area contributed by atoms with Gasteiger partial charge in [-0.15, -0.1) is 0 Å². The summed E-state index contributed by atoms with van der Waals surface area (Å²) in [5.41, 5.74) is -0.324. The van der Waals surface area contributed by atoms with Crippen LogP contribution in [0.1, 0.15) is 27.2 Å². The Morgan fingerprint density at radius 1 is 1.50 bits per heavy atom. The molecule has 0 heterocycles. The topological polar surface area (TPSA) is 54.3 Å². The number of nitrogens with zero attached hydrogens (tertiary/aromatic N) is 1. The second-order valence-electron chi connectivity index (χ2n) is 4.91. The average molecular weight is 226 g/mol. The van der Waals surface area contributed by atoms with E-state index in [2.05, 4.69) is 11.4 Å². The number of methoxy groups -OCH3 is 1. The maximum Gasteiger partial charge on any atom is 0.0986 e. The molecule has 0 saturated heterocycles. The lowest BCUT2D eigenvalue weighted by Gasteiger charge is -2.44. The fourth-order valence-corrected chi connectivity index (χ4v) is 1.90. The summed E-state index contributed by atoms with van der Waals surface area (Å²) in [6.45, 7) is 7.26. The number of hydrogen-bond donors (Lipinski definition) is 1. The van der Waals surface area contributed by atoms with Crippen molar-refractivity contribution in [1.82, 2.24) is 5.32 Å². The van der Waals surface area contributed by atoms with E-state index in [0.29, 0.717) is 12.6 Å². The van der Waals surface area contributed by atoms with Crippen molar-refractivity contribution in [2.45, 2.75) is 45.4 Å². The van der Waals surface area contributed by atoms with Gasteiger partial charge in [-0.3, -0.25) is 0 Å². The molecule has 1 aliphatic carbocycles. The molecule has 1 saturated carbocycles. The van der Waals surface area contributed by atoms with Gasteiger partial charge in [0.2, 0.25) is 0 Å². The normalized spacial score (nSPS) is 29.6. The number of nitrogens with one attached hydrogen (secondary N) is 1. The summed E-state index contributed by atoms with van der Waals surface area (Å²) in [5.74, 6) is 0. The van der Waals surface area contributed by atoms with E-state index in [-0.39, 0.29) is 17.6 Å². The Hall–Kier alpha value is -0.630. The third kappa shape index (κ3) is 3.18. The molecule has 16 heavy (non-hydrogen) atoms. The Morgan fingerprint density at radius 2 is 2.19 bits per heavy atom. The quantitative estimate of drug-likeness (QED) is 0.742. The van der Waals surface area contributed by atoms with E-state index in [9.17, 15) is 0 Å². The monoisotopic (exact) mass is 226 g/mol. The third-order valence-corrected chi connectivity index (χ3v) is 3.01. The zero-order chi connectivity index (χ0) is 12.2. The minimum Gasteiger partial charge on any atom is -0.377 e. The summed E-state index contributed by atoms with van der Waals surface area (Å²) < 4.78 is 10.9. The van der Waals surface area contributed by atoms with Crippen molar-refractivity contribution < 1.29 is 9.47 Å². The number of nitriles is 1. The molecule has 1 fully saturated rings. The van der Waals surface area contributed by atoms with Gasteiger partial charge >= 0.3 is 0 Å². The van der Waals surface area contributed by atoms with Crippen molar-refractivity contribution >= 4 is 0 Å². The highest BCUT2D eigenvalue weighted by Crippen LogP contribution is 2.27. The van der Waals surface area contributed by atoms with Crippen molar-refractivity contribution in [3.63, 3.8) is 0 Å². The zero-order valence-corrected chi connectivity index (χ0v) is 10.6. The molecule has 0 bridgehead atoms. The Bertz CT molecular complexity index is 260. The van der Waals surface area contributed by atoms with Crippen molar-refractivity contribution in [2.75, 3.05) is 20.3 Å². The van der Waals surface area contributed by atoms with Crippen molar-refractivity contribution in [3.05, 3.63) is 0 Å². The van der Waals surface area contributed by atoms with Gasteiger partial charge in [-0.25, -0.2) is 0 Å². The minimum atomic E-state index is -0.324. The largest absolute Gasteiger partial charge is 0.377 e. The van der Waals surface area contributed by atoms with Crippen LogP contribution in [0.2, 0.25) is 0 Å². The molecule has 92 valence electrons. The molecule has 1 aliphatic rings. The molecular weight excluding hydrogens is 204 g/mol. The molecular formula is C12H22N2O2. The Kier molecular flexibility index (Phi) is 4.72. The molecule has 0 aromatic carbocycles. The van der Waals surface area contributed by atoms with E-state index in [0.717, 1.165) is 13.0 Å². The standard InChI is InChI=1S/C12H22N2O2/c1-5-16-10-6-9(11(10)15-4)14-8-12(2,3)7-13/h9-11,14H,5-6,8H2,1-4H3. The average Bonchev–Trinajstić information content (AvgIpc) is 2.23. The second kappa shape index (κ2) is 5.62. The van der Waals surface area contributed by atoms with Crippen LogP contribution in [0, 0.1) is 16.7 Å². The molecule has 3 unspecified atom stereocenters. The smallest absolute Gasteiger partial charge is 0.0986 e. The van der Waals surface area contributed by atoms with Crippen LogP contribution >= 0.6 is 0 Å². The van der Waals surface area contributed by atoms with Crippen LogP contribution in [0.5, 0.6) is 0 Å². The van der Waals surface area contributed by atoms with E-state index < -0.39 is 0 Å². The van der Waals surface area contributed by atoms with E-state index in [1.165, 1.54) is 0 Å². The van der Waals surface area contributed by atoms with E-state index in [1.54, 1.807) is 7.11 Å². The van der Waals surface area contributed by atoms with Gasteiger partial charge in [0.15, 0.2) is 0 Å². The minimum absolute atomic E-state index is 0.120. The van der Waals surface area contributed by atoms with Crippen molar-refractivity contribution in [1.29, 1.82) is 5.26 Å². The van der Waals surface area contributed by atoms with Crippen LogP contribution in [-0.4, -0.2) is 38.5 Å². The van der Waals surface area contributed by atoms with Crippen molar-refractivity contribution in [2.24, 2.45) is 5.41 Å². The molecule has 4 nitrogen and oxygen atoms in total. The predicted octanol–water partition coefficient (Wildman–Crippen LogP) is 1.32. The van der Waals surface area contributed by atoms with Crippen LogP contribution in [0.25, 0.3) is 0 Å². The third-order valence-electron chi connectivity index (χ3n) is 3.01. The van der Waals surface area contributed by atoms with Gasteiger partial charge in [0, 0.05) is 26.3 Å². The molecule has 0 aromatic rings. The maximum atomic E-state index is 8.91. The molecule has 0 aromatic heterocycles. The predicted molar refractivity (Wildman–Crippen MR) is 62.0 cm³/mol. The van der Waals surface area contributed by atoms with E-state index >= 15 is 0 Å². The zero-order valence-electron chi connectivity index (χ0n) is 10.6. The summed E-state index contributed by atoms with van der Waals surface area (Å²) in [6, 6.07) is 2.59. The van der Waals surface area contributed by atoms with Gasteiger partial charge in [-0.1, -0.05) is 0 Å². The molecule has 1 rings (SSSR count). The summed E-state index contributed by atoms with van der Waals surface area (Å²) >= 11 is 0. The van der Waals surface area contributed by atoms with Crippen LogP contribution in [0.4, 0.5) is 0 Å². The van der Waals surface area contributed by atoms with Crippen molar-refractivity contribution in [3.8, 4) is 6.07 Å². The summed E-state index contributed by atoms with van der Waals surface area (Å²) in [6.07, 6.45) is 1.29.